The lowest BCUT2D eigenvalue weighted by Crippen LogP contribution is -2.58. The van der Waals surface area contributed by atoms with E-state index in [1.54, 1.807) is 0 Å². The molecule has 5 atom stereocenters. The Kier molecular flexibility index (Phi) is 3.80. The van der Waals surface area contributed by atoms with Crippen molar-refractivity contribution in [3.05, 3.63) is 0 Å². The standard InChI is InChI=1S/C12H24O3/c1-6-12(14)9(5)10(13)8(4)11(15-12)7(2)3/h7-11,13-14H,6H2,1-5H3/t8-,9+,10+,11+,12-/m1/s1. The highest BCUT2D eigenvalue weighted by atomic mass is 16.6. The lowest BCUT2D eigenvalue weighted by Gasteiger charge is -2.49. The molecule has 1 heterocycles. The zero-order valence-corrected chi connectivity index (χ0v) is 10.4. The summed E-state index contributed by atoms with van der Waals surface area (Å²) in [4.78, 5) is 0. The fraction of sp³-hybridized carbons (Fsp3) is 1.00. The van der Waals surface area contributed by atoms with Crippen LogP contribution in [0.25, 0.3) is 0 Å². The molecule has 1 aliphatic heterocycles. The van der Waals surface area contributed by atoms with Crippen LogP contribution in [0, 0.1) is 17.8 Å². The number of aliphatic hydroxyl groups is 2. The van der Waals surface area contributed by atoms with Crippen molar-refractivity contribution in [1.29, 1.82) is 0 Å². The zero-order valence-electron chi connectivity index (χ0n) is 10.4. The Morgan fingerprint density at radius 1 is 1.33 bits per heavy atom. The molecule has 2 N–H and O–H groups in total. The first-order chi connectivity index (χ1) is 6.83. The van der Waals surface area contributed by atoms with Crippen LogP contribution in [-0.4, -0.2) is 28.2 Å². The third-order valence-electron chi connectivity index (χ3n) is 3.78. The van der Waals surface area contributed by atoms with Crippen molar-refractivity contribution in [3.63, 3.8) is 0 Å². The highest BCUT2D eigenvalue weighted by molar-refractivity contribution is 4.92. The second-order valence-corrected chi connectivity index (χ2v) is 5.16. The Hall–Kier alpha value is -0.120. The maximum Gasteiger partial charge on any atom is 0.170 e. The second kappa shape index (κ2) is 4.40. The molecule has 3 heteroatoms. The van der Waals surface area contributed by atoms with E-state index >= 15 is 0 Å². The van der Waals surface area contributed by atoms with Crippen LogP contribution in [0.15, 0.2) is 0 Å². The van der Waals surface area contributed by atoms with Gasteiger partial charge in [0.25, 0.3) is 0 Å². The minimum absolute atomic E-state index is 0.0684. The molecule has 1 aliphatic rings. The molecule has 0 radical (unpaired) electrons. The van der Waals surface area contributed by atoms with E-state index in [1.807, 2.05) is 20.8 Å². The molecule has 0 unspecified atom stereocenters. The Balaban J connectivity index is 2.90. The molecule has 0 aromatic rings. The highest BCUT2D eigenvalue weighted by Crippen LogP contribution is 2.40. The zero-order chi connectivity index (χ0) is 11.8. The van der Waals surface area contributed by atoms with E-state index in [1.165, 1.54) is 0 Å². The summed E-state index contributed by atoms with van der Waals surface area (Å²) in [5, 5.41) is 20.4. The molecular formula is C12H24O3. The number of ether oxygens (including phenoxy) is 1. The predicted octanol–water partition coefficient (Wildman–Crippen LogP) is 1.77. The second-order valence-electron chi connectivity index (χ2n) is 5.16. The maximum atomic E-state index is 10.3. The Labute approximate surface area is 92.4 Å². The minimum Gasteiger partial charge on any atom is -0.392 e. The highest BCUT2D eigenvalue weighted by Gasteiger charge is 2.49. The first-order valence-electron chi connectivity index (χ1n) is 5.91. The number of hydrogen-bond acceptors (Lipinski definition) is 3. The van der Waals surface area contributed by atoms with Gasteiger partial charge < -0.3 is 14.9 Å². The van der Waals surface area contributed by atoms with Crippen LogP contribution < -0.4 is 0 Å². The smallest absolute Gasteiger partial charge is 0.170 e. The van der Waals surface area contributed by atoms with Crippen LogP contribution in [0.5, 0.6) is 0 Å². The van der Waals surface area contributed by atoms with Crippen molar-refractivity contribution >= 4 is 0 Å². The molecule has 1 rings (SSSR count). The van der Waals surface area contributed by atoms with E-state index in [-0.39, 0.29) is 17.9 Å². The molecular weight excluding hydrogens is 192 g/mol. The SMILES string of the molecule is CC[C@@]1(O)O[C@@H](C(C)C)[C@H](C)[C@H](O)[C@@H]1C. The van der Waals surface area contributed by atoms with Gasteiger partial charge in [-0.2, -0.15) is 0 Å². The molecule has 0 aromatic carbocycles. The van der Waals surface area contributed by atoms with E-state index in [0.717, 1.165) is 0 Å². The van der Waals surface area contributed by atoms with Gasteiger partial charge in [-0.15, -0.1) is 0 Å². The van der Waals surface area contributed by atoms with Crippen molar-refractivity contribution < 1.29 is 14.9 Å². The summed E-state index contributed by atoms with van der Waals surface area (Å²) in [7, 11) is 0. The molecule has 90 valence electrons. The fourth-order valence-electron chi connectivity index (χ4n) is 2.52. The molecule has 15 heavy (non-hydrogen) atoms. The third kappa shape index (κ3) is 2.19. The summed E-state index contributed by atoms with van der Waals surface area (Å²) in [6.45, 7) is 9.83. The van der Waals surface area contributed by atoms with Gasteiger partial charge in [-0.25, -0.2) is 0 Å². The molecule has 0 amide bonds. The van der Waals surface area contributed by atoms with Gasteiger partial charge in [-0.1, -0.05) is 34.6 Å². The third-order valence-corrected chi connectivity index (χ3v) is 3.78. The van der Waals surface area contributed by atoms with Gasteiger partial charge in [0.1, 0.15) is 0 Å². The summed E-state index contributed by atoms with van der Waals surface area (Å²) in [6.07, 6.45) is -0.0431. The van der Waals surface area contributed by atoms with E-state index in [4.69, 9.17) is 4.74 Å². The average Bonchev–Trinajstić information content (AvgIpc) is 2.20. The van der Waals surface area contributed by atoms with Gasteiger partial charge in [-0.05, 0) is 12.3 Å². The topological polar surface area (TPSA) is 49.7 Å². The molecule has 0 aliphatic carbocycles. The quantitative estimate of drug-likeness (QED) is 0.739. The van der Waals surface area contributed by atoms with E-state index in [9.17, 15) is 10.2 Å². The number of rotatable bonds is 2. The van der Waals surface area contributed by atoms with Crippen LogP contribution in [0.2, 0.25) is 0 Å². The molecule has 0 bridgehead atoms. The molecule has 0 aromatic heterocycles. The van der Waals surface area contributed by atoms with Crippen LogP contribution >= 0.6 is 0 Å². The fourth-order valence-corrected chi connectivity index (χ4v) is 2.52. The van der Waals surface area contributed by atoms with Crippen LogP contribution in [0.1, 0.15) is 41.0 Å². The van der Waals surface area contributed by atoms with Gasteiger partial charge in [-0.3, -0.25) is 0 Å². The monoisotopic (exact) mass is 216 g/mol. The van der Waals surface area contributed by atoms with Crippen molar-refractivity contribution in [2.45, 2.75) is 59.0 Å². The van der Waals surface area contributed by atoms with E-state index < -0.39 is 11.9 Å². The summed E-state index contributed by atoms with van der Waals surface area (Å²) in [5.41, 5.74) is 0. The minimum atomic E-state index is -1.17. The van der Waals surface area contributed by atoms with Crippen LogP contribution in [0.4, 0.5) is 0 Å². The summed E-state index contributed by atoms with van der Waals surface area (Å²) < 4.78 is 5.78. The normalized spacial score (nSPS) is 47.2. The van der Waals surface area contributed by atoms with E-state index in [2.05, 4.69) is 13.8 Å². The van der Waals surface area contributed by atoms with Gasteiger partial charge in [0.2, 0.25) is 0 Å². The van der Waals surface area contributed by atoms with Crippen molar-refractivity contribution in [3.8, 4) is 0 Å². The lowest BCUT2D eigenvalue weighted by molar-refractivity contribution is -0.324. The van der Waals surface area contributed by atoms with Crippen LogP contribution in [0.3, 0.4) is 0 Å². The number of hydrogen-bond donors (Lipinski definition) is 2. The van der Waals surface area contributed by atoms with Gasteiger partial charge in [0.05, 0.1) is 12.2 Å². The summed E-state index contributed by atoms with van der Waals surface area (Å²) in [6, 6.07) is 0. The molecule has 1 fully saturated rings. The largest absolute Gasteiger partial charge is 0.392 e. The lowest BCUT2D eigenvalue weighted by atomic mass is 9.77. The van der Waals surface area contributed by atoms with Gasteiger partial charge in [0, 0.05) is 11.8 Å². The Morgan fingerprint density at radius 2 is 1.87 bits per heavy atom. The molecule has 0 spiro atoms. The Bertz CT molecular complexity index is 217. The van der Waals surface area contributed by atoms with Crippen molar-refractivity contribution in [2.24, 2.45) is 17.8 Å². The summed E-state index contributed by atoms with van der Waals surface area (Å²) in [5.74, 6) is -1.01. The Morgan fingerprint density at radius 3 is 2.27 bits per heavy atom. The van der Waals surface area contributed by atoms with E-state index in [0.29, 0.717) is 12.3 Å². The molecule has 0 saturated carbocycles. The number of aliphatic hydroxyl groups excluding tert-OH is 1. The summed E-state index contributed by atoms with van der Waals surface area (Å²) >= 11 is 0. The van der Waals surface area contributed by atoms with Gasteiger partial charge >= 0.3 is 0 Å². The first kappa shape index (κ1) is 12.9. The van der Waals surface area contributed by atoms with Crippen LogP contribution in [-0.2, 0) is 4.74 Å². The molecule has 3 nitrogen and oxygen atoms in total. The van der Waals surface area contributed by atoms with Gasteiger partial charge in [0.15, 0.2) is 5.79 Å². The molecule has 1 saturated heterocycles. The predicted molar refractivity (Wildman–Crippen MR) is 59.3 cm³/mol. The first-order valence-corrected chi connectivity index (χ1v) is 5.91. The maximum absolute atomic E-state index is 10.3. The van der Waals surface area contributed by atoms with Crippen molar-refractivity contribution in [1.82, 2.24) is 0 Å². The van der Waals surface area contributed by atoms with Crippen molar-refractivity contribution in [2.75, 3.05) is 0 Å². The average molecular weight is 216 g/mol.